The van der Waals surface area contributed by atoms with Crippen molar-refractivity contribution in [2.45, 2.75) is 26.7 Å². The second-order valence-electron chi connectivity index (χ2n) is 6.04. The summed E-state index contributed by atoms with van der Waals surface area (Å²) >= 11 is -0.137. The zero-order chi connectivity index (χ0) is 17.7. The van der Waals surface area contributed by atoms with Crippen LogP contribution in [0.3, 0.4) is 0 Å². The molecule has 0 amide bonds. The van der Waals surface area contributed by atoms with Crippen LogP contribution in [0.4, 0.5) is 0 Å². The van der Waals surface area contributed by atoms with E-state index in [1.807, 2.05) is 0 Å². The first-order chi connectivity index (χ1) is 12.2. The number of allylic oxidation sites excluding steroid dienone is 8. The Labute approximate surface area is 161 Å². The molecule has 126 valence electrons. The number of hydrogen-bond acceptors (Lipinski definition) is 0. The predicted octanol–water partition coefficient (Wildman–Crippen LogP) is 5.34. The second-order valence-corrected chi connectivity index (χ2v) is 8.23. The molecule has 0 aromatic heterocycles. The van der Waals surface area contributed by atoms with E-state index in [0.717, 1.165) is 12.8 Å². The summed E-state index contributed by atoms with van der Waals surface area (Å²) in [5.74, 6) is 0. The molecule has 1 heteroatoms. The molecule has 0 aliphatic heterocycles. The summed E-state index contributed by atoms with van der Waals surface area (Å²) in [6, 6.07) is 17.8. The molecule has 2 aliphatic rings. The summed E-state index contributed by atoms with van der Waals surface area (Å²) in [5.41, 5.74) is 2.68. The Bertz CT molecular complexity index is 643. The number of aryl methyl sites for hydroxylation is 2. The molecule has 25 heavy (non-hydrogen) atoms. The van der Waals surface area contributed by atoms with Crippen LogP contribution in [-0.2, 0) is 19.2 Å². The molecule has 0 saturated carbocycles. The van der Waals surface area contributed by atoms with Crippen LogP contribution >= 0.6 is 0 Å². The van der Waals surface area contributed by atoms with Crippen molar-refractivity contribution in [3.05, 3.63) is 108 Å². The Kier molecular flexibility index (Phi) is 9.04. The van der Waals surface area contributed by atoms with Crippen LogP contribution in [0.15, 0.2) is 97.1 Å². The summed E-state index contributed by atoms with van der Waals surface area (Å²) in [7, 11) is 0. The van der Waals surface area contributed by atoms with Crippen molar-refractivity contribution < 1.29 is 19.2 Å². The molecular formula is C24H26Ti. The molecule has 0 spiro atoms. The Hall–Kier alpha value is -1.89. The van der Waals surface area contributed by atoms with Crippen LogP contribution in [-0.4, -0.2) is 0 Å². The van der Waals surface area contributed by atoms with Crippen LogP contribution in [0.5, 0.6) is 0 Å². The van der Waals surface area contributed by atoms with E-state index in [4.69, 9.17) is 0 Å². The predicted molar refractivity (Wildman–Crippen MR) is 107 cm³/mol. The third kappa shape index (κ3) is 8.68. The third-order valence-electron chi connectivity index (χ3n) is 3.70. The first-order valence-electron chi connectivity index (χ1n) is 8.78. The molecule has 4 rings (SSSR count). The summed E-state index contributed by atoms with van der Waals surface area (Å²) in [6.07, 6.45) is 19.0. The Morgan fingerprint density at radius 3 is 1.08 bits per heavy atom. The van der Waals surface area contributed by atoms with E-state index in [9.17, 15) is 0 Å². The first kappa shape index (κ1) is 19.4. The minimum absolute atomic E-state index is 0.137. The molecular weight excluding hydrogens is 336 g/mol. The molecule has 0 nitrogen and oxygen atoms in total. The van der Waals surface area contributed by atoms with Crippen LogP contribution in [0, 0.1) is 13.8 Å². The molecule has 0 heterocycles. The maximum atomic E-state index is 2.26. The standard InChI is InChI=1S/2C7H7.2C5H6.Ti/c2*1-7-5-3-2-4-6-7;2*1-2-4-5-3-1;/h2*3-6H,1H3;2*1-4H,5H2;. The van der Waals surface area contributed by atoms with Gasteiger partial charge in [-0.25, -0.2) is 0 Å². The van der Waals surface area contributed by atoms with Crippen LogP contribution in [0.25, 0.3) is 0 Å². The van der Waals surface area contributed by atoms with Gasteiger partial charge in [-0.1, -0.05) is 48.6 Å². The van der Waals surface area contributed by atoms with Gasteiger partial charge in [0.2, 0.25) is 0 Å². The van der Waals surface area contributed by atoms with Gasteiger partial charge in [-0.2, -0.15) is 0 Å². The van der Waals surface area contributed by atoms with Crippen molar-refractivity contribution in [2.24, 2.45) is 0 Å². The average Bonchev–Trinajstić information content (AvgIpc) is 3.38. The van der Waals surface area contributed by atoms with Gasteiger partial charge in [0.15, 0.2) is 0 Å². The third-order valence-corrected chi connectivity index (χ3v) is 5.65. The molecule has 2 aromatic rings. The van der Waals surface area contributed by atoms with E-state index < -0.39 is 0 Å². The van der Waals surface area contributed by atoms with Crippen molar-refractivity contribution in [1.82, 2.24) is 0 Å². The Morgan fingerprint density at radius 1 is 0.520 bits per heavy atom. The molecule has 0 fully saturated rings. The van der Waals surface area contributed by atoms with Crippen molar-refractivity contribution in [2.75, 3.05) is 0 Å². The minimum atomic E-state index is -0.137. The van der Waals surface area contributed by atoms with E-state index in [-0.39, 0.29) is 19.2 Å². The maximum absolute atomic E-state index is 2.26. The molecule has 0 unspecified atom stereocenters. The van der Waals surface area contributed by atoms with E-state index in [2.05, 4.69) is 111 Å². The summed E-state index contributed by atoms with van der Waals surface area (Å²) in [4.78, 5) is 0. The molecule has 0 bridgehead atoms. The van der Waals surface area contributed by atoms with Crippen LogP contribution in [0.2, 0.25) is 0 Å². The summed E-state index contributed by atoms with van der Waals surface area (Å²) in [5, 5.41) is 0. The normalized spacial score (nSPS) is 13.0. The van der Waals surface area contributed by atoms with Crippen molar-refractivity contribution in [1.29, 1.82) is 0 Å². The summed E-state index contributed by atoms with van der Waals surface area (Å²) < 4.78 is 3.01. The monoisotopic (exact) mass is 362 g/mol. The number of benzene rings is 2. The molecule has 0 radical (unpaired) electrons. The van der Waals surface area contributed by atoms with Gasteiger partial charge < -0.3 is 0 Å². The van der Waals surface area contributed by atoms with Gasteiger partial charge in [0.05, 0.1) is 0 Å². The molecule has 0 atom stereocenters. The molecule has 2 aromatic carbocycles. The second kappa shape index (κ2) is 11.6. The van der Waals surface area contributed by atoms with Gasteiger partial charge in [-0.3, -0.25) is 0 Å². The zero-order valence-electron chi connectivity index (χ0n) is 15.2. The zero-order valence-corrected chi connectivity index (χ0v) is 16.7. The fraction of sp³-hybridized carbons (Fsp3) is 0.167. The van der Waals surface area contributed by atoms with Crippen LogP contribution in [0.1, 0.15) is 24.0 Å². The molecule has 2 aliphatic carbocycles. The van der Waals surface area contributed by atoms with Crippen molar-refractivity contribution >= 4 is 7.74 Å². The van der Waals surface area contributed by atoms with Crippen molar-refractivity contribution in [3.63, 3.8) is 0 Å². The topological polar surface area (TPSA) is 0 Å². The molecule has 0 N–H and O–H groups in total. The average molecular weight is 362 g/mol. The van der Waals surface area contributed by atoms with Gasteiger partial charge in [-0.15, -0.1) is 0 Å². The van der Waals surface area contributed by atoms with Crippen molar-refractivity contribution in [3.8, 4) is 0 Å². The van der Waals surface area contributed by atoms with Gasteiger partial charge in [-0.05, 0) is 12.8 Å². The SMILES string of the molecule is C1=CCC=C1.C1=CCC=C1.Cc1cc[c]([Ti][c]2ccc(C)cc2)cc1. The van der Waals surface area contributed by atoms with E-state index in [1.165, 1.54) is 18.9 Å². The fourth-order valence-corrected chi connectivity index (χ4v) is 3.79. The van der Waals surface area contributed by atoms with E-state index in [0.29, 0.717) is 0 Å². The van der Waals surface area contributed by atoms with Gasteiger partial charge in [0, 0.05) is 0 Å². The van der Waals surface area contributed by atoms with E-state index in [1.54, 1.807) is 0 Å². The van der Waals surface area contributed by atoms with Crippen LogP contribution < -0.4 is 7.74 Å². The van der Waals surface area contributed by atoms with Gasteiger partial charge in [0.1, 0.15) is 0 Å². The van der Waals surface area contributed by atoms with Gasteiger partial charge in [0.25, 0.3) is 0 Å². The first-order valence-corrected chi connectivity index (χ1v) is 10.3. The molecule has 0 saturated heterocycles. The summed E-state index contributed by atoms with van der Waals surface area (Å²) in [6.45, 7) is 4.27. The van der Waals surface area contributed by atoms with E-state index >= 15 is 0 Å². The number of hydrogen-bond donors (Lipinski definition) is 0. The fourth-order valence-electron chi connectivity index (χ4n) is 2.23. The Balaban J connectivity index is 0.000000182. The van der Waals surface area contributed by atoms with Gasteiger partial charge >= 0.3 is 100 Å². The quantitative estimate of drug-likeness (QED) is 0.633. The number of rotatable bonds is 2. The Morgan fingerprint density at radius 2 is 0.840 bits per heavy atom.